The van der Waals surface area contributed by atoms with Crippen LogP contribution in [0.15, 0.2) is 24.3 Å². The van der Waals surface area contributed by atoms with E-state index in [2.05, 4.69) is 5.32 Å². The Kier molecular flexibility index (Phi) is 3.26. The van der Waals surface area contributed by atoms with Crippen LogP contribution in [0.1, 0.15) is 25.0 Å². The predicted octanol–water partition coefficient (Wildman–Crippen LogP) is 2.69. The molecule has 0 spiro atoms. The van der Waals surface area contributed by atoms with Crippen molar-refractivity contribution in [3.63, 3.8) is 0 Å². The number of halogens is 3. The summed E-state index contributed by atoms with van der Waals surface area (Å²) in [4.78, 5) is 10.4. The van der Waals surface area contributed by atoms with E-state index in [4.69, 9.17) is 0 Å². The fraction of sp³-hybridized carbons (Fsp3) is 0.364. The maximum absolute atomic E-state index is 12.7. The number of nitrogens with one attached hydrogen (secondary N) is 1. The minimum Gasteiger partial charge on any atom is -0.350 e. The van der Waals surface area contributed by atoms with E-state index < -0.39 is 17.3 Å². The van der Waals surface area contributed by atoms with Gasteiger partial charge in [0, 0.05) is 0 Å². The Morgan fingerprint density at radius 3 is 2.06 bits per heavy atom. The highest BCUT2D eigenvalue weighted by Gasteiger charge is 2.37. The lowest BCUT2D eigenvalue weighted by molar-refractivity contribution is -0.139. The maximum Gasteiger partial charge on any atom is 0.416 e. The first-order chi connectivity index (χ1) is 7.29. The molecular weight excluding hydrogens is 219 g/mol. The molecule has 0 radical (unpaired) electrons. The van der Waals surface area contributed by atoms with Gasteiger partial charge in [-0.15, -0.1) is 0 Å². The molecule has 0 fully saturated rings. The molecule has 1 N–H and O–H groups in total. The quantitative estimate of drug-likeness (QED) is 0.796. The summed E-state index contributed by atoms with van der Waals surface area (Å²) in [6.07, 6.45) is -4.02. The highest BCUT2D eigenvalue weighted by molar-refractivity contribution is 5.50. The highest BCUT2D eigenvalue weighted by Crippen LogP contribution is 2.36. The molecule has 0 saturated heterocycles. The van der Waals surface area contributed by atoms with Crippen LogP contribution in [-0.4, -0.2) is 6.41 Å². The number of rotatable bonds is 3. The van der Waals surface area contributed by atoms with Gasteiger partial charge in [-0.2, -0.15) is 13.2 Å². The van der Waals surface area contributed by atoms with Crippen LogP contribution < -0.4 is 5.32 Å². The van der Waals surface area contributed by atoms with Crippen LogP contribution in [0.3, 0.4) is 0 Å². The fourth-order valence-electron chi connectivity index (χ4n) is 1.50. The second kappa shape index (κ2) is 4.15. The standard InChI is InChI=1S/C11H12F3NO/c1-10(2,15-7-16)8-5-3-4-6-9(8)11(12,13)14/h3-7H,1-2H3,(H,15,16). The van der Waals surface area contributed by atoms with Crippen molar-refractivity contribution in [1.82, 2.24) is 5.32 Å². The lowest BCUT2D eigenvalue weighted by Crippen LogP contribution is -2.37. The van der Waals surface area contributed by atoms with Crippen LogP contribution in [0.4, 0.5) is 13.2 Å². The first-order valence-corrected chi connectivity index (χ1v) is 4.67. The highest BCUT2D eigenvalue weighted by atomic mass is 19.4. The molecule has 16 heavy (non-hydrogen) atoms. The summed E-state index contributed by atoms with van der Waals surface area (Å²) < 4.78 is 38.1. The van der Waals surface area contributed by atoms with Crippen LogP contribution in [0.25, 0.3) is 0 Å². The van der Waals surface area contributed by atoms with Crippen molar-refractivity contribution in [2.75, 3.05) is 0 Å². The smallest absolute Gasteiger partial charge is 0.350 e. The Bertz CT molecular complexity index is 385. The monoisotopic (exact) mass is 231 g/mol. The number of hydrogen-bond donors (Lipinski definition) is 1. The molecule has 0 atom stereocenters. The molecule has 1 aromatic carbocycles. The van der Waals surface area contributed by atoms with Crippen molar-refractivity contribution >= 4 is 6.41 Å². The molecule has 0 aliphatic carbocycles. The normalized spacial score (nSPS) is 12.3. The second-order valence-corrected chi connectivity index (χ2v) is 3.93. The van der Waals surface area contributed by atoms with Crippen molar-refractivity contribution in [3.05, 3.63) is 35.4 Å². The molecule has 1 aromatic rings. The van der Waals surface area contributed by atoms with Gasteiger partial charge in [0.05, 0.1) is 11.1 Å². The Hall–Kier alpha value is -1.52. The van der Waals surface area contributed by atoms with Gasteiger partial charge < -0.3 is 5.32 Å². The van der Waals surface area contributed by atoms with Gasteiger partial charge >= 0.3 is 6.18 Å². The van der Waals surface area contributed by atoms with Gasteiger partial charge in [-0.3, -0.25) is 4.79 Å². The van der Waals surface area contributed by atoms with Gasteiger partial charge in [0.15, 0.2) is 0 Å². The molecule has 0 saturated carbocycles. The van der Waals surface area contributed by atoms with Crippen molar-refractivity contribution in [2.45, 2.75) is 25.6 Å². The largest absolute Gasteiger partial charge is 0.416 e. The van der Waals surface area contributed by atoms with E-state index in [0.29, 0.717) is 6.41 Å². The SMILES string of the molecule is CC(C)(NC=O)c1ccccc1C(F)(F)F. The molecule has 1 amide bonds. The van der Waals surface area contributed by atoms with Crippen LogP contribution in [0.5, 0.6) is 0 Å². The third kappa shape index (κ3) is 2.53. The van der Waals surface area contributed by atoms with Gasteiger partial charge in [0.25, 0.3) is 0 Å². The Morgan fingerprint density at radius 1 is 1.12 bits per heavy atom. The molecule has 1 rings (SSSR count). The minimum absolute atomic E-state index is 0.0506. The Morgan fingerprint density at radius 2 is 1.62 bits per heavy atom. The number of benzene rings is 1. The van der Waals surface area contributed by atoms with Gasteiger partial charge in [-0.1, -0.05) is 18.2 Å². The van der Waals surface area contributed by atoms with Crippen LogP contribution in [0.2, 0.25) is 0 Å². The number of alkyl halides is 3. The van der Waals surface area contributed by atoms with E-state index in [1.165, 1.54) is 32.0 Å². The second-order valence-electron chi connectivity index (χ2n) is 3.93. The first kappa shape index (κ1) is 12.5. The summed E-state index contributed by atoms with van der Waals surface area (Å²) in [6, 6.07) is 5.20. The molecule has 0 aliphatic heterocycles. The van der Waals surface area contributed by atoms with Crippen LogP contribution >= 0.6 is 0 Å². The molecule has 88 valence electrons. The van der Waals surface area contributed by atoms with Crippen molar-refractivity contribution in [3.8, 4) is 0 Å². The predicted molar refractivity (Wildman–Crippen MR) is 53.7 cm³/mol. The van der Waals surface area contributed by atoms with Gasteiger partial charge in [-0.25, -0.2) is 0 Å². The summed E-state index contributed by atoms with van der Waals surface area (Å²) in [6.45, 7) is 3.04. The number of carbonyl (C=O) groups is 1. The van der Waals surface area contributed by atoms with Crippen LogP contribution in [-0.2, 0) is 16.5 Å². The molecule has 0 bridgehead atoms. The maximum atomic E-state index is 12.7. The average Bonchev–Trinajstić information content (AvgIpc) is 2.16. The third-order valence-corrected chi connectivity index (χ3v) is 2.33. The number of carbonyl (C=O) groups excluding carboxylic acids is 1. The zero-order valence-electron chi connectivity index (χ0n) is 8.93. The average molecular weight is 231 g/mol. The van der Waals surface area contributed by atoms with E-state index in [0.717, 1.165) is 6.07 Å². The molecule has 5 heteroatoms. The molecule has 2 nitrogen and oxygen atoms in total. The molecule has 0 unspecified atom stereocenters. The van der Waals surface area contributed by atoms with Crippen molar-refractivity contribution in [1.29, 1.82) is 0 Å². The van der Waals surface area contributed by atoms with Crippen molar-refractivity contribution in [2.24, 2.45) is 0 Å². The summed E-state index contributed by atoms with van der Waals surface area (Å²) in [5.41, 5.74) is -1.72. The molecule has 0 aromatic heterocycles. The van der Waals surface area contributed by atoms with Crippen molar-refractivity contribution < 1.29 is 18.0 Å². The van der Waals surface area contributed by atoms with Gasteiger partial charge in [0.2, 0.25) is 6.41 Å². The number of hydrogen-bond acceptors (Lipinski definition) is 1. The Balaban J connectivity index is 3.28. The summed E-state index contributed by atoms with van der Waals surface area (Å²) in [5.74, 6) is 0. The molecular formula is C11H12F3NO. The summed E-state index contributed by atoms with van der Waals surface area (Å²) in [7, 11) is 0. The lowest BCUT2D eigenvalue weighted by Gasteiger charge is -2.27. The summed E-state index contributed by atoms with van der Waals surface area (Å²) in [5, 5.41) is 2.37. The van der Waals surface area contributed by atoms with E-state index in [1.807, 2.05) is 0 Å². The summed E-state index contributed by atoms with van der Waals surface area (Å²) >= 11 is 0. The topological polar surface area (TPSA) is 29.1 Å². The fourth-order valence-corrected chi connectivity index (χ4v) is 1.50. The number of amides is 1. The molecule has 0 aliphatic rings. The minimum atomic E-state index is -4.42. The Labute approximate surface area is 91.5 Å². The third-order valence-electron chi connectivity index (χ3n) is 2.33. The van der Waals surface area contributed by atoms with Gasteiger partial charge in [0.1, 0.15) is 0 Å². The van der Waals surface area contributed by atoms with E-state index in [9.17, 15) is 18.0 Å². The zero-order chi connectivity index (χ0) is 12.4. The zero-order valence-corrected chi connectivity index (χ0v) is 8.93. The first-order valence-electron chi connectivity index (χ1n) is 4.67. The van der Waals surface area contributed by atoms with Crippen LogP contribution in [0, 0.1) is 0 Å². The van der Waals surface area contributed by atoms with Gasteiger partial charge in [-0.05, 0) is 25.5 Å². The lowest BCUT2D eigenvalue weighted by atomic mass is 9.90. The van der Waals surface area contributed by atoms with E-state index >= 15 is 0 Å². The van der Waals surface area contributed by atoms with E-state index in [-0.39, 0.29) is 5.56 Å². The van der Waals surface area contributed by atoms with E-state index in [1.54, 1.807) is 0 Å². The molecule has 0 heterocycles.